The summed E-state index contributed by atoms with van der Waals surface area (Å²) in [7, 11) is 1.49. The van der Waals surface area contributed by atoms with Crippen LogP contribution in [0.2, 0.25) is 0 Å². The maximum atomic E-state index is 12.2. The molecule has 20 heavy (non-hydrogen) atoms. The number of aromatic nitrogens is 1. The summed E-state index contributed by atoms with van der Waals surface area (Å²) in [5.41, 5.74) is -0.422. The van der Waals surface area contributed by atoms with Crippen molar-refractivity contribution >= 4 is 16.0 Å². The first-order valence-electron chi connectivity index (χ1n) is 6.04. The van der Waals surface area contributed by atoms with E-state index in [0.29, 0.717) is 0 Å². The van der Waals surface area contributed by atoms with E-state index in [4.69, 9.17) is 5.11 Å². The lowest BCUT2D eigenvalue weighted by molar-refractivity contribution is 0.0686. The van der Waals surface area contributed by atoms with Crippen LogP contribution in [0.1, 0.15) is 24.3 Å². The fourth-order valence-electron chi connectivity index (χ4n) is 1.41. The Morgan fingerprint density at radius 1 is 1.45 bits per heavy atom. The van der Waals surface area contributed by atoms with Gasteiger partial charge in [0.15, 0.2) is 0 Å². The molecule has 114 valence electrons. The molecule has 0 saturated heterocycles. The monoisotopic (exact) mass is 303 g/mol. The number of carboxylic acid groups (broad SMARTS) is 1. The summed E-state index contributed by atoms with van der Waals surface area (Å²) < 4.78 is 28.1. The van der Waals surface area contributed by atoms with Crippen molar-refractivity contribution in [2.45, 2.75) is 24.3 Å². The number of aryl methyl sites for hydroxylation is 1. The van der Waals surface area contributed by atoms with E-state index in [0.717, 1.165) is 6.07 Å². The van der Waals surface area contributed by atoms with Gasteiger partial charge in [-0.1, -0.05) is 0 Å². The lowest BCUT2D eigenvalue weighted by atomic mass is 10.1. The van der Waals surface area contributed by atoms with Crippen molar-refractivity contribution in [3.05, 3.63) is 18.0 Å². The Labute approximate surface area is 119 Å². The van der Waals surface area contributed by atoms with Gasteiger partial charge in [-0.05, 0) is 34.0 Å². The van der Waals surface area contributed by atoms with E-state index < -0.39 is 16.0 Å². The van der Waals surface area contributed by atoms with E-state index in [1.165, 1.54) is 17.8 Å². The van der Waals surface area contributed by atoms with Crippen molar-refractivity contribution in [1.82, 2.24) is 14.2 Å². The molecule has 0 fully saturated rings. The molecule has 1 rings (SSSR count). The van der Waals surface area contributed by atoms with Crippen molar-refractivity contribution in [3.63, 3.8) is 0 Å². The van der Waals surface area contributed by atoms with Gasteiger partial charge >= 0.3 is 5.97 Å². The van der Waals surface area contributed by atoms with Crippen molar-refractivity contribution in [1.29, 1.82) is 0 Å². The highest BCUT2D eigenvalue weighted by molar-refractivity contribution is 7.89. The van der Waals surface area contributed by atoms with Crippen LogP contribution in [-0.4, -0.2) is 55.1 Å². The molecule has 1 aromatic rings. The Balaban J connectivity index is 2.96. The molecule has 0 saturated carbocycles. The summed E-state index contributed by atoms with van der Waals surface area (Å²) >= 11 is 0. The maximum absolute atomic E-state index is 12.2. The summed E-state index contributed by atoms with van der Waals surface area (Å²) in [6.07, 6.45) is 1.29. The third-order valence-corrected chi connectivity index (χ3v) is 4.78. The lowest BCUT2D eigenvalue weighted by Crippen LogP contribution is -2.48. The third-order valence-electron chi connectivity index (χ3n) is 3.41. The molecule has 7 nitrogen and oxygen atoms in total. The van der Waals surface area contributed by atoms with Crippen LogP contribution in [0.4, 0.5) is 0 Å². The number of sulfonamides is 1. The zero-order valence-electron chi connectivity index (χ0n) is 12.3. The molecule has 0 aliphatic heterocycles. The smallest absolute Gasteiger partial charge is 0.352 e. The second kappa shape index (κ2) is 5.55. The predicted molar refractivity (Wildman–Crippen MR) is 75.3 cm³/mol. The summed E-state index contributed by atoms with van der Waals surface area (Å²) in [6, 6.07) is 1.15. The maximum Gasteiger partial charge on any atom is 0.352 e. The average Bonchev–Trinajstić information content (AvgIpc) is 2.70. The first kappa shape index (κ1) is 16.7. The van der Waals surface area contributed by atoms with Gasteiger partial charge in [0.2, 0.25) is 10.0 Å². The molecule has 0 spiro atoms. The van der Waals surface area contributed by atoms with Crippen LogP contribution >= 0.6 is 0 Å². The van der Waals surface area contributed by atoms with Crippen LogP contribution in [0.15, 0.2) is 17.2 Å². The molecular formula is C12H21N3O4S. The first-order valence-corrected chi connectivity index (χ1v) is 7.52. The van der Waals surface area contributed by atoms with Crippen LogP contribution in [0, 0.1) is 0 Å². The molecule has 1 aromatic heterocycles. The molecule has 0 atom stereocenters. The number of hydrogen-bond acceptors (Lipinski definition) is 4. The van der Waals surface area contributed by atoms with E-state index in [2.05, 4.69) is 4.72 Å². The van der Waals surface area contributed by atoms with Gasteiger partial charge < -0.3 is 14.6 Å². The number of aromatic carboxylic acids is 1. The minimum absolute atomic E-state index is 0.0491. The van der Waals surface area contributed by atoms with Crippen molar-refractivity contribution in [3.8, 4) is 0 Å². The SMILES string of the molecule is CN(C)C(C)(C)CNS(=O)(=O)c1cc(C(=O)O)n(C)c1. The highest BCUT2D eigenvalue weighted by Gasteiger charge is 2.25. The first-order chi connectivity index (χ1) is 8.97. The van der Waals surface area contributed by atoms with E-state index >= 15 is 0 Å². The minimum Gasteiger partial charge on any atom is -0.477 e. The minimum atomic E-state index is -3.72. The summed E-state index contributed by atoms with van der Waals surface area (Å²) in [4.78, 5) is 12.8. The normalized spacial score (nSPS) is 12.9. The Kier molecular flexibility index (Phi) is 4.62. The molecule has 1 heterocycles. The molecule has 0 radical (unpaired) electrons. The molecule has 0 amide bonds. The summed E-state index contributed by atoms with van der Waals surface area (Å²) in [6.45, 7) is 4.03. The van der Waals surface area contributed by atoms with Gasteiger partial charge in [-0.2, -0.15) is 0 Å². The zero-order chi connectivity index (χ0) is 15.7. The number of likely N-dealkylation sites (N-methyl/N-ethyl adjacent to an activating group) is 1. The number of nitrogens with one attached hydrogen (secondary N) is 1. The highest BCUT2D eigenvalue weighted by Crippen LogP contribution is 2.15. The standard InChI is InChI=1S/C12H21N3O4S/c1-12(2,14(3)4)8-13-20(18,19)9-6-10(11(16)17)15(5)7-9/h6-7,13H,8H2,1-5H3,(H,16,17). The van der Waals surface area contributed by atoms with E-state index in [9.17, 15) is 13.2 Å². The Bertz CT molecular complexity index is 602. The number of hydrogen-bond donors (Lipinski definition) is 2. The van der Waals surface area contributed by atoms with Crippen molar-refractivity contribution < 1.29 is 18.3 Å². The van der Waals surface area contributed by atoms with Gasteiger partial charge in [0.25, 0.3) is 0 Å². The number of nitrogens with zero attached hydrogens (tertiary/aromatic N) is 2. The second-order valence-corrected chi connectivity index (χ2v) is 7.28. The fourth-order valence-corrected chi connectivity index (χ4v) is 2.68. The van der Waals surface area contributed by atoms with E-state index in [1.807, 2.05) is 32.8 Å². The molecule has 8 heteroatoms. The number of carboxylic acids is 1. The topological polar surface area (TPSA) is 91.6 Å². The van der Waals surface area contributed by atoms with Gasteiger partial charge in [0.05, 0.1) is 0 Å². The van der Waals surface area contributed by atoms with Crippen LogP contribution in [0.5, 0.6) is 0 Å². The molecule has 0 aromatic carbocycles. The average molecular weight is 303 g/mol. The van der Waals surface area contributed by atoms with Crippen LogP contribution in [0.25, 0.3) is 0 Å². The number of carbonyl (C=O) groups is 1. The van der Waals surface area contributed by atoms with E-state index in [1.54, 1.807) is 0 Å². The summed E-state index contributed by atoms with van der Waals surface area (Å²) in [5.74, 6) is -1.16. The van der Waals surface area contributed by atoms with Gasteiger partial charge in [0, 0.05) is 25.3 Å². The Morgan fingerprint density at radius 3 is 2.40 bits per heavy atom. The Morgan fingerprint density at radius 2 is 2.00 bits per heavy atom. The quantitative estimate of drug-likeness (QED) is 0.791. The van der Waals surface area contributed by atoms with Gasteiger partial charge in [-0.25, -0.2) is 17.9 Å². The van der Waals surface area contributed by atoms with Gasteiger partial charge in [0.1, 0.15) is 10.6 Å². The lowest BCUT2D eigenvalue weighted by Gasteiger charge is -2.32. The molecule has 2 N–H and O–H groups in total. The van der Waals surface area contributed by atoms with Crippen molar-refractivity contribution in [2.24, 2.45) is 7.05 Å². The Hall–Kier alpha value is -1.38. The van der Waals surface area contributed by atoms with Gasteiger partial charge in [-0.15, -0.1) is 0 Å². The van der Waals surface area contributed by atoms with Crippen LogP contribution in [-0.2, 0) is 17.1 Å². The molecular weight excluding hydrogens is 282 g/mol. The third kappa shape index (κ3) is 3.59. The largest absolute Gasteiger partial charge is 0.477 e. The second-order valence-electron chi connectivity index (χ2n) is 5.51. The molecule has 0 unspecified atom stereocenters. The van der Waals surface area contributed by atoms with Gasteiger partial charge in [-0.3, -0.25) is 0 Å². The molecule has 0 aliphatic rings. The summed E-state index contributed by atoms with van der Waals surface area (Å²) in [5, 5.41) is 8.93. The van der Waals surface area contributed by atoms with E-state index in [-0.39, 0.29) is 22.7 Å². The van der Waals surface area contributed by atoms with Crippen LogP contribution in [0.3, 0.4) is 0 Å². The van der Waals surface area contributed by atoms with Crippen LogP contribution < -0.4 is 4.72 Å². The fraction of sp³-hybridized carbons (Fsp3) is 0.583. The molecule has 0 aliphatic carbocycles. The predicted octanol–water partition coefficient (Wildman–Crippen LogP) is 0.342. The zero-order valence-corrected chi connectivity index (χ0v) is 13.2. The highest BCUT2D eigenvalue weighted by atomic mass is 32.2. The van der Waals surface area contributed by atoms with Crippen molar-refractivity contribution in [2.75, 3.05) is 20.6 Å². The number of rotatable bonds is 6. The molecule has 0 bridgehead atoms.